The third kappa shape index (κ3) is 5.34. The highest BCUT2D eigenvalue weighted by atomic mass is 16.3. The lowest BCUT2D eigenvalue weighted by Gasteiger charge is -2.54. The van der Waals surface area contributed by atoms with Crippen molar-refractivity contribution >= 4 is 17.8 Å². The Bertz CT molecular complexity index is 1280. The first kappa shape index (κ1) is 25.3. The van der Waals surface area contributed by atoms with Crippen LogP contribution in [0.2, 0.25) is 0 Å². The number of carbonyl (C=O) groups excluding carboxylic acids is 3. The topological polar surface area (TPSA) is 93.2 Å². The van der Waals surface area contributed by atoms with Gasteiger partial charge in [-0.05, 0) is 35.7 Å². The van der Waals surface area contributed by atoms with Crippen molar-refractivity contribution in [3.05, 3.63) is 102 Å². The van der Waals surface area contributed by atoms with Crippen LogP contribution in [0.1, 0.15) is 30.0 Å². The van der Waals surface area contributed by atoms with E-state index in [2.05, 4.69) is 5.32 Å². The molecule has 5 rings (SSSR count). The first-order chi connectivity index (χ1) is 18.4. The summed E-state index contributed by atoms with van der Waals surface area (Å²) in [6.07, 6.45) is -0.154. The number of benzene rings is 3. The summed E-state index contributed by atoms with van der Waals surface area (Å²) in [6.45, 7) is 2.87. The Morgan fingerprint density at radius 1 is 0.895 bits per heavy atom. The van der Waals surface area contributed by atoms with Crippen molar-refractivity contribution in [2.45, 2.75) is 51.1 Å². The molecule has 3 aromatic carbocycles. The zero-order valence-electron chi connectivity index (χ0n) is 21.4. The smallest absolute Gasteiger partial charge is 0.319 e. The SMILES string of the molecule is C[C@@H]1CC(=O)N2[C@H](CN(Cc3ccccc3)C(=O)[C@@H]2Cc2ccc(O)cc2)N1C(=O)NCc1ccccc1. The van der Waals surface area contributed by atoms with Gasteiger partial charge in [0.25, 0.3) is 0 Å². The summed E-state index contributed by atoms with van der Waals surface area (Å²) in [5.41, 5.74) is 2.79. The van der Waals surface area contributed by atoms with Crippen LogP contribution in [0.3, 0.4) is 0 Å². The number of hydrogen-bond acceptors (Lipinski definition) is 4. The van der Waals surface area contributed by atoms with Gasteiger partial charge in [0.05, 0.1) is 6.54 Å². The third-order valence-electron chi connectivity index (χ3n) is 7.29. The third-order valence-corrected chi connectivity index (χ3v) is 7.29. The van der Waals surface area contributed by atoms with Gasteiger partial charge in [-0.1, -0.05) is 72.8 Å². The number of phenols is 1. The molecule has 8 heteroatoms. The van der Waals surface area contributed by atoms with E-state index in [0.29, 0.717) is 19.5 Å². The van der Waals surface area contributed by atoms with Crippen molar-refractivity contribution < 1.29 is 19.5 Å². The molecule has 0 saturated carbocycles. The van der Waals surface area contributed by atoms with E-state index < -0.39 is 12.2 Å². The van der Waals surface area contributed by atoms with Crippen LogP contribution in [0.5, 0.6) is 5.75 Å². The zero-order valence-corrected chi connectivity index (χ0v) is 21.4. The molecule has 196 valence electrons. The number of rotatable bonds is 6. The fourth-order valence-corrected chi connectivity index (χ4v) is 5.41. The molecule has 3 atom stereocenters. The minimum Gasteiger partial charge on any atom is -0.508 e. The van der Waals surface area contributed by atoms with Crippen LogP contribution in [0.4, 0.5) is 4.79 Å². The lowest BCUT2D eigenvalue weighted by atomic mass is 9.95. The van der Waals surface area contributed by atoms with Crippen molar-refractivity contribution in [3.63, 3.8) is 0 Å². The van der Waals surface area contributed by atoms with Gasteiger partial charge < -0.3 is 20.2 Å². The molecular formula is C30H32N4O4. The molecule has 0 bridgehead atoms. The second kappa shape index (κ2) is 11.0. The van der Waals surface area contributed by atoms with Crippen LogP contribution >= 0.6 is 0 Å². The fraction of sp³-hybridized carbons (Fsp3) is 0.300. The minimum absolute atomic E-state index is 0.133. The van der Waals surface area contributed by atoms with Gasteiger partial charge >= 0.3 is 6.03 Å². The van der Waals surface area contributed by atoms with E-state index in [0.717, 1.165) is 16.7 Å². The van der Waals surface area contributed by atoms with Gasteiger partial charge in [0, 0.05) is 32.0 Å². The molecule has 0 unspecified atom stereocenters. The molecule has 2 heterocycles. The number of fused-ring (bicyclic) bond motifs is 1. The van der Waals surface area contributed by atoms with Gasteiger partial charge in [-0.25, -0.2) is 4.79 Å². The Labute approximate surface area is 222 Å². The van der Waals surface area contributed by atoms with E-state index in [1.54, 1.807) is 39.0 Å². The van der Waals surface area contributed by atoms with Gasteiger partial charge in [-0.2, -0.15) is 0 Å². The van der Waals surface area contributed by atoms with Gasteiger partial charge in [-0.3, -0.25) is 14.5 Å². The number of urea groups is 1. The number of piperazine rings is 1. The van der Waals surface area contributed by atoms with Crippen LogP contribution in [0.15, 0.2) is 84.9 Å². The van der Waals surface area contributed by atoms with E-state index in [9.17, 15) is 19.5 Å². The van der Waals surface area contributed by atoms with Crippen LogP contribution < -0.4 is 5.32 Å². The average Bonchev–Trinajstić information content (AvgIpc) is 2.92. The quantitative estimate of drug-likeness (QED) is 0.529. The minimum atomic E-state index is -0.758. The molecule has 3 aromatic rings. The van der Waals surface area contributed by atoms with Crippen LogP contribution in [0, 0.1) is 0 Å². The number of amides is 4. The van der Waals surface area contributed by atoms with Gasteiger partial charge in [0.15, 0.2) is 0 Å². The molecule has 2 N–H and O–H groups in total. The lowest BCUT2D eigenvalue weighted by molar-refractivity contribution is -0.170. The van der Waals surface area contributed by atoms with Gasteiger partial charge in [0.2, 0.25) is 11.8 Å². The number of carbonyl (C=O) groups is 3. The maximum Gasteiger partial charge on any atom is 0.319 e. The van der Waals surface area contributed by atoms with E-state index >= 15 is 0 Å². The Kier molecular flexibility index (Phi) is 7.31. The zero-order chi connectivity index (χ0) is 26.6. The van der Waals surface area contributed by atoms with Crippen molar-refractivity contribution in [3.8, 4) is 5.75 Å². The highest BCUT2D eigenvalue weighted by molar-refractivity contribution is 5.91. The Balaban J connectivity index is 1.45. The number of aromatic hydroxyl groups is 1. The first-order valence-corrected chi connectivity index (χ1v) is 12.9. The van der Waals surface area contributed by atoms with E-state index in [1.807, 2.05) is 67.6 Å². The predicted molar refractivity (Wildman–Crippen MR) is 143 cm³/mol. The summed E-state index contributed by atoms with van der Waals surface area (Å²) in [7, 11) is 0. The molecule has 2 saturated heterocycles. The second-order valence-electron chi connectivity index (χ2n) is 9.98. The Hall–Kier alpha value is -4.33. The molecule has 38 heavy (non-hydrogen) atoms. The summed E-state index contributed by atoms with van der Waals surface area (Å²) >= 11 is 0. The number of hydrogen-bond donors (Lipinski definition) is 2. The molecule has 2 aliphatic rings. The second-order valence-corrected chi connectivity index (χ2v) is 9.98. The molecule has 8 nitrogen and oxygen atoms in total. The maximum absolute atomic E-state index is 13.8. The van der Waals surface area contributed by atoms with Crippen LogP contribution in [0.25, 0.3) is 0 Å². The summed E-state index contributed by atoms with van der Waals surface area (Å²) in [4.78, 5) is 45.9. The molecule has 2 fully saturated rings. The molecule has 2 aliphatic heterocycles. The normalized spacial score (nSPS) is 21.3. The van der Waals surface area contributed by atoms with Crippen LogP contribution in [-0.2, 0) is 29.1 Å². The monoisotopic (exact) mass is 512 g/mol. The lowest BCUT2D eigenvalue weighted by Crippen LogP contribution is -2.73. The van der Waals surface area contributed by atoms with Gasteiger partial charge in [0.1, 0.15) is 18.0 Å². The number of phenolic OH excluding ortho intramolecular Hbond substituents is 1. The van der Waals surface area contributed by atoms with Crippen LogP contribution in [-0.4, -0.2) is 62.4 Å². The molecular weight excluding hydrogens is 480 g/mol. The summed E-state index contributed by atoms with van der Waals surface area (Å²) in [5.74, 6) is -0.145. The van der Waals surface area contributed by atoms with Crippen molar-refractivity contribution in [1.29, 1.82) is 0 Å². The Morgan fingerprint density at radius 3 is 2.18 bits per heavy atom. The standard InChI is InChI=1S/C30H32N4O4/c1-21-16-28(36)34-26(17-22-12-14-25(35)15-13-22)29(37)32(19-24-10-6-3-7-11-24)20-27(34)33(21)30(38)31-18-23-8-4-2-5-9-23/h2-15,21,26-27,35H,16-20H2,1H3,(H,31,38)/t21-,26+,27-/m1/s1. The van der Waals surface area contributed by atoms with Crippen molar-refractivity contribution in [2.75, 3.05) is 6.54 Å². The van der Waals surface area contributed by atoms with E-state index in [-0.39, 0.29) is 42.6 Å². The summed E-state index contributed by atoms with van der Waals surface area (Å²) < 4.78 is 0. The highest BCUT2D eigenvalue weighted by Crippen LogP contribution is 2.31. The van der Waals surface area contributed by atoms with E-state index in [1.165, 1.54) is 0 Å². The average molecular weight is 513 g/mol. The number of nitrogens with one attached hydrogen (secondary N) is 1. The number of nitrogens with zero attached hydrogens (tertiary/aromatic N) is 3. The molecule has 4 amide bonds. The summed E-state index contributed by atoms with van der Waals surface area (Å²) in [6, 6.07) is 24.7. The predicted octanol–water partition coefficient (Wildman–Crippen LogP) is 3.50. The highest BCUT2D eigenvalue weighted by Gasteiger charge is 2.50. The largest absolute Gasteiger partial charge is 0.508 e. The summed E-state index contributed by atoms with van der Waals surface area (Å²) in [5, 5.41) is 12.7. The van der Waals surface area contributed by atoms with E-state index in [4.69, 9.17) is 0 Å². The molecule has 0 radical (unpaired) electrons. The molecule has 0 spiro atoms. The van der Waals surface area contributed by atoms with Crippen molar-refractivity contribution in [1.82, 2.24) is 20.0 Å². The molecule has 0 aliphatic carbocycles. The molecule has 0 aromatic heterocycles. The maximum atomic E-state index is 13.8. The first-order valence-electron chi connectivity index (χ1n) is 12.9. The Morgan fingerprint density at radius 2 is 1.53 bits per heavy atom. The van der Waals surface area contributed by atoms with Gasteiger partial charge in [-0.15, -0.1) is 0 Å². The fourth-order valence-electron chi connectivity index (χ4n) is 5.41. The van der Waals surface area contributed by atoms with Crippen molar-refractivity contribution in [2.24, 2.45) is 0 Å².